The molecule has 1 saturated heterocycles. The molecule has 1 amide bonds. The lowest BCUT2D eigenvalue weighted by molar-refractivity contribution is -0.127. The molecule has 9 nitrogen and oxygen atoms in total. The number of para-hydroxylation sites is 1. The zero-order valence-corrected chi connectivity index (χ0v) is 25.3. The fraction of sp³-hybridized carbons (Fsp3) is 0.353. The van der Waals surface area contributed by atoms with E-state index < -0.39 is 5.54 Å². The second-order valence-electron chi connectivity index (χ2n) is 11.4. The lowest BCUT2D eigenvalue weighted by Crippen LogP contribution is -2.44. The van der Waals surface area contributed by atoms with Crippen LogP contribution in [0.25, 0.3) is 22.2 Å². The Balaban J connectivity index is 1.42. The van der Waals surface area contributed by atoms with Crippen molar-refractivity contribution in [2.75, 3.05) is 25.4 Å². The largest absolute Gasteiger partial charge is 0.457 e. The van der Waals surface area contributed by atoms with Crippen LogP contribution in [-0.4, -0.2) is 61.5 Å². The van der Waals surface area contributed by atoms with E-state index in [4.69, 9.17) is 10.5 Å². The Labute approximate surface area is 253 Å². The summed E-state index contributed by atoms with van der Waals surface area (Å²) in [5.74, 6) is 1.68. The zero-order valence-electron chi connectivity index (χ0n) is 25.3. The molecule has 1 atom stereocenters. The van der Waals surface area contributed by atoms with Crippen molar-refractivity contribution in [3.8, 4) is 28.7 Å². The number of anilines is 1. The van der Waals surface area contributed by atoms with Crippen LogP contribution in [0.2, 0.25) is 0 Å². The van der Waals surface area contributed by atoms with Gasteiger partial charge in [-0.25, -0.2) is 9.97 Å². The van der Waals surface area contributed by atoms with Gasteiger partial charge in [-0.3, -0.25) is 9.69 Å². The highest BCUT2D eigenvalue weighted by Gasteiger charge is 2.33. The van der Waals surface area contributed by atoms with Crippen molar-refractivity contribution in [2.24, 2.45) is 0 Å². The molecular weight excluding hydrogens is 538 g/mol. The van der Waals surface area contributed by atoms with Gasteiger partial charge in [0.15, 0.2) is 0 Å². The highest BCUT2D eigenvalue weighted by atomic mass is 16.5. The lowest BCUT2D eigenvalue weighted by Gasteiger charge is -2.35. The summed E-state index contributed by atoms with van der Waals surface area (Å²) in [5, 5.41) is 10.8. The second kappa shape index (κ2) is 12.7. The van der Waals surface area contributed by atoms with Gasteiger partial charge in [0.25, 0.3) is 5.91 Å². The monoisotopic (exact) mass is 577 g/mol. The first-order valence-electron chi connectivity index (χ1n) is 14.9. The molecule has 2 N–H and O–H groups in total. The summed E-state index contributed by atoms with van der Waals surface area (Å²) >= 11 is 0. The minimum absolute atomic E-state index is 0.0814. The quantitative estimate of drug-likeness (QED) is 0.181. The molecule has 4 aromatic rings. The van der Waals surface area contributed by atoms with Crippen molar-refractivity contribution < 1.29 is 9.53 Å². The standard InChI is InChI=1S/C34H39N7O2/c1-5-40(6-2)34(3,4)19-25(20-35)33(42)41-18-10-11-26(41)21-39-22-29(30-31(36)37-23-38-32(30)39)24-14-16-28(17-15-24)43-27-12-8-7-9-13-27/h7-9,12-17,19,22-23,26H,5-6,10-11,18,21H2,1-4H3,(H2,36,37,38). The number of nitriles is 1. The van der Waals surface area contributed by atoms with Crippen LogP contribution in [0.4, 0.5) is 5.82 Å². The number of nitrogen functional groups attached to an aromatic ring is 1. The summed E-state index contributed by atoms with van der Waals surface area (Å²) in [5.41, 5.74) is 8.74. The van der Waals surface area contributed by atoms with E-state index in [-0.39, 0.29) is 17.5 Å². The highest BCUT2D eigenvalue weighted by molar-refractivity contribution is 6.01. The molecule has 2 aromatic carbocycles. The molecule has 0 bridgehead atoms. The summed E-state index contributed by atoms with van der Waals surface area (Å²) in [6, 6.07) is 19.6. The molecule has 9 heteroatoms. The van der Waals surface area contributed by atoms with Crippen LogP contribution in [0.1, 0.15) is 40.5 Å². The number of amides is 1. The first-order chi connectivity index (χ1) is 20.7. The molecule has 3 heterocycles. The molecule has 0 radical (unpaired) electrons. The van der Waals surface area contributed by atoms with Gasteiger partial charge >= 0.3 is 0 Å². The Hall–Kier alpha value is -4.68. The summed E-state index contributed by atoms with van der Waals surface area (Å²) in [4.78, 5) is 26.6. The van der Waals surface area contributed by atoms with Crippen LogP contribution >= 0.6 is 0 Å². The molecule has 1 unspecified atom stereocenters. The van der Waals surface area contributed by atoms with Gasteiger partial charge in [-0.2, -0.15) is 5.26 Å². The maximum atomic E-state index is 13.7. The molecule has 1 fully saturated rings. The Bertz CT molecular complexity index is 1650. The van der Waals surface area contributed by atoms with E-state index in [2.05, 4.69) is 39.4 Å². The summed E-state index contributed by atoms with van der Waals surface area (Å²) in [6.45, 7) is 11.1. The number of hydrogen-bond acceptors (Lipinski definition) is 7. The second-order valence-corrected chi connectivity index (χ2v) is 11.4. The third-order valence-corrected chi connectivity index (χ3v) is 8.30. The normalized spacial score (nSPS) is 15.7. The third kappa shape index (κ3) is 6.25. The van der Waals surface area contributed by atoms with Gasteiger partial charge in [0.05, 0.1) is 11.4 Å². The Kier molecular flexibility index (Phi) is 8.78. The maximum Gasteiger partial charge on any atom is 0.264 e. The van der Waals surface area contributed by atoms with Crippen LogP contribution in [0.15, 0.2) is 78.8 Å². The van der Waals surface area contributed by atoms with Crippen molar-refractivity contribution >= 4 is 22.8 Å². The maximum absolute atomic E-state index is 13.7. The molecule has 0 spiro atoms. The number of benzene rings is 2. The number of nitrogens with two attached hydrogens (primary N) is 1. The van der Waals surface area contributed by atoms with Gasteiger partial charge in [-0.1, -0.05) is 44.2 Å². The van der Waals surface area contributed by atoms with E-state index in [9.17, 15) is 10.1 Å². The summed E-state index contributed by atoms with van der Waals surface area (Å²) in [7, 11) is 0. The molecular formula is C34H39N7O2. The number of carbonyl (C=O) groups is 1. The van der Waals surface area contributed by atoms with Crippen molar-refractivity contribution in [2.45, 2.75) is 58.7 Å². The number of rotatable bonds is 10. The Morgan fingerprint density at radius 1 is 1.12 bits per heavy atom. The molecule has 43 heavy (non-hydrogen) atoms. The first-order valence-corrected chi connectivity index (χ1v) is 14.9. The molecule has 222 valence electrons. The van der Waals surface area contributed by atoms with Crippen molar-refractivity contribution in [3.05, 3.63) is 78.8 Å². The van der Waals surface area contributed by atoms with E-state index in [0.717, 1.165) is 53.9 Å². The molecule has 5 rings (SSSR count). The molecule has 0 aliphatic carbocycles. The predicted molar refractivity (Wildman–Crippen MR) is 169 cm³/mol. The van der Waals surface area contributed by atoms with E-state index in [1.165, 1.54) is 6.33 Å². The van der Waals surface area contributed by atoms with Gasteiger partial charge in [-0.05, 0) is 75.7 Å². The van der Waals surface area contributed by atoms with E-state index in [1.807, 2.05) is 85.6 Å². The molecule has 1 aliphatic rings. The van der Waals surface area contributed by atoms with Crippen molar-refractivity contribution in [3.63, 3.8) is 0 Å². The number of likely N-dealkylation sites (tertiary alicyclic amines) is 1. The van der Waals surface area contributed by atoms with E-state index in [0.29, 0.717) is 24.6 Å². The van der Waals surface area contributed by atoms with Gasteiger partial charge in [-0.15, -0.1) is 0 Å². The minimum atomic E-state index is -0.416. The number of fused-ring (bicyclic) bond motifs is 1. The van der Waals surface area contributed by atoms with Crippen LogP contribution in [0.5, 0.6) is 11.5 Å². The Morgan fingerprint density at radius 3 is 2.49 bits per heavy atom. The number of hydrogen-bond donors (Lipinski definition) is 1. The number of likely N-dealkylation sites (N-methyl/N-ethyl adjacent to an activating group) is 1. The SMILES string of the molecule is CCN(CC)C(C)(C)C=C(C#N)C(=O)N1CCCC1Cn1cc(-c2ccc(Oc3ccccc3)cc2)c2c(N)ncnc21. The highest BCUT2D eigenvalue weighted by Crippen LogP contribution is 2.35. The lowest BCUT2D eigenvalue weighted by atomic mass is 9.98. The Morgan fingerprint density at radius 2 is 1.81 bits per heavy atom. The molecule has 2 aromatic heterocycles. The predicted octanol–water partition coefficient (Wildman–Crippen LogP) is 6.03. The summed E-state index contributed by atoms with van der Waals surface area (Å²) < 4.78 is 8.03. The minimum Gasteiger partial charge on any atom is -0.457 e. The number of nitrogens with zero attached hydrogens (tertiary/aromatic N) is 6. The van der Waals surface area contributed by atoms with E-state index >= 15 is 0 Å². The fourth-order valence-corrected chi connectivity index (χ4v) is 6.13. The topological polar surface area (TPSA) is 113 Å². The zero-order chi connectivity index (χ0) is 30.6. The van der Waals surface area contributed by atoms with Gasteiger partial charge in [0.1, 0.15) is 40.9 Å². The number of aromatic nitrogens is 3. The van der Waals surface area contributed by atoms with Crippen LogP contribution in [-0.2, 0) is 11.3 Å². The average Bonchev–Trinajstić information content (AvgIpc) is 3.63. The smallest absolute Gasteiger partial charge is 0.264 e. The third-order valence-electron chi connectivity index (χ3n) is 8.30. The van der Waals surface area contributed by atoms with Crippen LogP contribution in [0, 0.1) is 11.3 Å². The van der Waals surface area contributed by atoms with Crippen molar-refractivity contribution in [1.82, 2.24) is 24.3 Å². The van der Waals surface area contributed by atoms with Gasteiger partial charge < -0.3 is 19.9 Å². The fourth-order valence-electron chi connectivity index (χ4n) is 6.13. The van der Waals surface area contributed by atoms with Crippen LogP contribution < -0.4 is 10.5 Å². The van der Waals surface area contributed by atoms with E-state index in [1.54, 1.807) is 0 Å². The summed E-state index contributed by atoms with van der Waals surface area (Å²) in [6.07, 6.45) is 7.04. The van der Waals surface area contributed by atoms with Gasteiger partial charge in [0.2, 0.25) is 0 Å². The number of ether oxygens (including phenoxy) is 1. The average molecular weight is 578 g/mol. The molecule has 0 saturated carbocycles. The van der Waals surface area contributed by atoms with Gasteiger partial charge in [0, 0.05) is 30.4 Å². The van der Waals surface area contributed by atoms with Crippen molar-refractivity contribution in [1.29, 1.82) is 5.26 Å². The number of carbonyl (C=O) groups excluding carboxylic acids is 1. The van der Waals surface area contributed by atoms with Crippen LogP contribution in [0.3, 0.4) is 0 Å². The first kappa shape index (κ1) is 29.8. The molecule has 1 aliphatic heterocycles.